The average molecular weight is 347 g/mol. The van der Waals surface area contributed by atoms with Crippen molar-refractivity contribution in [2.45, 2.75) is 17.9 Å². The van der Waals surface area contributed by atoms with Gasteiger partial charge < -0.3 is 11.1 Å². The molecule has 1 heterocycles. The van der Waals surface area contributed by atoms with E-state index < -0.39 is 10.0 Å². The van der Waals surface area contributed by atoms with Crippen LogP contribution < -0.4 is 11.1 Å². The molecule has 5 nitrogen and oxygen atoms in total. The number of rotatable bonds is 3. The number of nitrogens with zero attached hydrogens (tertiary/aromatic N) is 1. The zero-order valence-corrected chi connectivity index (χ0v) is 14.0. The number of fused-ring (bicyclic) bond motifs is 1. The Balaban J connectivity index is 1.83. The Morgan fingerprint density at radius 2 is 1.74 bits per heavy atom. The van der Waals surface area contributed by atoms with Gasteiger partial charge in [0.25, 0.3) is 0 Å². The molecule has 3 N–H and O–H groups in total. The predicted molar refractivity (Wildman–Crippen MR) is 94.6 cm³/mol. The van der Waals surface area contributed by atoms with E-state index in [0.29, 0.717) is 18.8 Å². The Morgan fingerprint density at radius 3 is 2.39 bits per heavy atom. The zero-order valence-electron chi connectivity index (χ0n) is 12.4. The second-order valence-corrected chi connectivity index (χ2v) is 7.75. The smallest absolute Gasteiger partial charge is 0.243 e. The SMILES string of the molecule is NC(=S)Nc1ccc(S(=O)(=O)N2CCc3ccccc3C2)cc1. The fourth-order valence-corrected chi connectivity index (χ4v) is 4.21. The molecule has 1 aliphatic heterocycles. The van der Waals surface area contributed by atoms with Gasteiger partial charge in [-0.25, -0.2) is 8.42 Å². The highest BCUT2D eigenvalue weighted by Gasteiger charge is 2.27. The van der Waals surface area contributed by atoms with E-state index in [-0.39, 0.29) is 10.0 Å². The lowest BCUT2D eigenvalue weighted by Crippen LogP contribution is -2.35. The lowest BCUT2D eigenvalue weighted by molar-refractivity contribution is 0.391. The minimum Gasteiger partial charge on any atom is -0.376 e. The topological polar surface area (TPSA) is 75.4 Å². The Hall–Kier alpha value is -1.96. The monoisotopic (exact) mass is 347 g/mol. The molecule has 2 aromatic carbocycles. The molecule has 0 saturated carbocycles. The first-order valence-corrected chi connectivity index (χ1v) is 9.05. The Morgan fingerprint density at radius 1 is 1.09 bits per heavy atom. The highest BCUT2D eigenvalue weighted by molar-refractivity contribution is 7.89. The van der Waals surface area contributed by atoms with Gasteiger partial charge in [0.05, 0.1) is 4.90 Å². The summed E-state index contributed by atoms with van der Waals surface area (Å²) < 4.78 is 27.1. The number of sulfonamides is 1. The van der Waals surface area contributed by atoms with Crippen LogP contribution in [0.4, 0.5) is 5.69 Å². The molecule has 0 bridgehead atoms. The van der Waals surface area contributed by atoms with Crippen molar-refractivity contribution in [2.75, 3.05) is 11.9 Å². The van der Waals surface area contributed by atoms with E-state index in [1.807, 2.05) is 18.2 Å². The van der Waals surface area contributed by atoms with E-state index in [1.54, 1.807) is 24.3 Å². The molecule has 2 aromatic rings. The lowest BCUT2D eigenvalue weighted by Gasteiger charge is -2.28. The van der Waals surface area contributed by atoms with Crippen LogP contribution in [0.3, 0.4) is 0 Å². The maximum atomic E-state index is 12.8. The van der Waals surface area contributed by atoms with Gasteiger partial charge in [-0.2, -0.15) is 4.31 Å². The van der Waals surface area contributed by atoms with Gasteiger partial charge in [0, 0.05) is 18.8 Å². The van der Waals surface area contributed by atoms with Crippen LogP contribution in [0.15, 0.2) is 53.4 Å². The average Bonchev–Trinajstić information content (AvgIpc) is 2.54. The lowest BCUT2D eigenvalue weighted by atomic mass is 10.0. The van der Waals surface area contributed by atoms with Crippen molar-refractivity contribution in [1.29, 1.82) is 0 Å². The van der Waals surface area contributed by atoms with Crippen LogP contribution in [0.1, 0.15) is 11.1 Å². The minimum absolute atomic E-state index is 0.147. The first-order valence-electron chi connectivity index (χ1n) is 7.20. The third-order valence-electron chi connectivity index (χ3n) is 3.86. The molecule has 7 heteroatoms. The summed E-state index contributed by atoms with van der Waals surface area (Å²) in [5, 5.41) is 2.92. The van der Waals surface area contributed by atoms with Crippen LogP contribution in [0, 0.1) is 0 Å². The van der Waals surface area contributed by atoms with Crippen molar-refractivity contribution < 1.29 is 8.42 Å². The Kier molecular flexibility index (Phi) is 4.34. The van der Waals surface area contributed by atoms with Crippen molar-refractivity contribution in [2.24, 2.45) is 5.73 Å². The largest absolute Gasteiger partial charge is 0.376 e. The molecule has 0 aliphatic carbocycles. The normalized spacial score (nSPS) is 15.0. The van der Waals surface area contributed by atoms with Crippen molar-refractivity contribution in [3.05, 3.63) is 59.7 Å². The van der Waals surface area contributed by atoms with E-state index >= 15 is 0 Å². The first-order chi connectivity index (χ1) is 11.0. The summed E-state index contributed by atoms with van der Waals surface area (Å²) in [7, 11) is -3.51. The molecule has 0 saturated heterocycles. The van der Waals surface area contributed by atoms with Crippen LogP contribution in [0.2, 0.25) is 0 Å². The van der Waals surface area contributed by atoms with Crippen LogP contribution in [-0.2, 0) is 23.0 Å². The van der Waals surface area contributed by atoms with Crippen molar-refractivity contribution in [1.82, 2.24) is 4.31 Å². The fourth-order valence-electron chi connectivity index (χ4n) is 2.68. The second kappa shape index (κ2) is 6.27. The molecule has 0 spiro atoms. The quantitative estimate of drug-likeness (QED) is 0.832. The maximum absolute atomic E-state index is 12.8. The number of benzene rings is 2. The van der Waals surface area contributed by atoms with E-state index in [1.165, 1.54) is 9.87 Å². The first kappa shape index (κ1) is 15.9. The van der Waals surface area contributed by atoms with Gasteiger partial charge in [0.2, 0.25) is 10.0 Å². The van der Waals surface area contributed by atoms with Gasteiger partial charge in [-0.05, 0) is 54.0 Å². The van der Waals surface area contributed by atoms with Crippen LogP contribution in [0.25, 0.3) is 0 Å². The number of nitrogens with one attached hydrogen (secondary N) is 1. The van der Waals surface area contributed by atoms with Crippen LogP contribution in [0.5, 0.6) is 0 Å². The minimum atomic E-state index is -3.51. The zero-order chi connectivity index (χ0) is 16.4. The number of nitrogens with two attached hydrogens (primary N) is 1. The summed E-state index contributed by atoms with van der Waals surface area (Å²) in [6.45, 7) is 0.900. The molecule has 0 amide bonds. The summed E-state index contributed by atoms with van der Waals surface area (Å²) in [6, 6.07) is 14.4. The predicted octanol–water partition coefficient (Wildman–Crippen LogP) is 2.09. The van der Waals surface area contributed by atoms with Gasteiger partial charge in [-0.1, -0.05) is 24.3 Å². The van der Waals surface area contributed by atoms with Crippen LogP contribution in [-0.4, -0.2) is 24.4 Å². The third-order valence-corrected chi connectivity index (χ3v) is 5.82. The second-order valence-electron chi connectivity index (χ2n) is 5.37. The van der Waals surface area contributed by atoms with E-state index in [4.69, 9.17) is 18.0 Å². The molecule has 0 atom stereocenters. The molecule has 0 radical (unpaired) electrons. The van der Waals surface area contributed by atoms with Gasteiger partial charge in [-0.3, -0.25) is 0 Å². The van der Waals surface area contributed by atoms with Crippen molar-refractivity contribution in [3.8, 4) is 0 Å². The molecule has 0 fully saturated rings. The fraction of sp³-hybridized carbons (Fsp3) is 0.188. The molecular formula is C16H17N3O2S2. The van der Waals surface area contributed by atoms with Gasteiger partial charge in [0.15, 0.2) is 5.11 Å². The molecule has 0 aromatic heterocycles. The number of thiocarbonyl (C=S) groups is 1. The summed E-state index contributed by atoms with van der Waals surface area (Å²) >= 11 is 4.76. The van der Waals surface area contributed by atoms with E-state index in [9.17, 15) is 8.42 Å². The number of hydrogen-bond acceptors (Lipinski definition) is 3. The summed E-state index contributed by atoms with van der Waals surface area (Å²) in [4.78, 5) is 0.269. The highest BCUT2D eigenvalue weighted by atomic mass is 32.2. The molecule has 3 rings (SSSR count). The van der Waals surface area contributed by atoms with Crippen molar-refractivity contribution in [3.63, 3.8) is 0 Å². The molecule has 0 unspecified atom stereocenters. The molecule has 120 valence electrons. The van der Waals surface area contributed by atoms with Crippen LogP contribution >= 0.6 is 12.2 Å². The molecular weight excluding hydrogens is 330 g/mol. The third kappa shape index (κ3) is 3.36. The van der Waals surface area contributed by atoms with Crippen molar-refractivity contribution >= 4 is 33.0 Å². The van der Waals surface area contributed by atoms with E-state index in [2.05, 4.69) is 11.4 Å². The van der Waals surface area contributed by atoms with Gasteiger partial charge in [0.1, 0.15) is 0 Å². The highest BCUT2D eigenvalue weighted by Crippen LogP contribution is 2.25. The van der Waals surface area contributed by atoms with E-state index in [0.717, 1.165) is 12.0 Å². The molecule has 23 heavy (non-hydrogen) atoms. The number of anilines is 1. The number of hydrogen-bond donors (Lipinski definition) is 2. The molecule has 1 aliphatic rings. The Labute approximate surface area is 141 Å². The Bertz CT molecular complexity index is 833. The summed E-state index contributed by atoms with van der Waals surface area (Å²) in [5.74, 6) is 0. The summed E-state index contributed by atoms with van der Waals surface area (Å²) in [6.07, 6.45) is 0.733. The maximum Gasteiger partial charge on any atom is 0.243 e. The van der Waals surface area contributed by atoms with Gasteiger partial charge >= 0.3 is 0 Å². The summed E-state index contributed by atoms with van der Waals surface area (Å²) in [5.41, 5.74) is 8.35. The standard InChI is InChI=1S/C16H17N3O2S2/c17-16(22)18-14-5-7-15(8-6-14)23(20,21)19-10-9-12-3-1-2-4-13(12)11-19/h1-8H,9-11H2,(H3,17,18,22). The van der Waals surface area contributed by atoms with Gasteiger partial charge in [-0.15, -0.1) is 0 Å².